The topological polar surface area (TPSA) is 102 Å². The summed E-state index contributed by atoms with van der Waals surface area (Å²) in [7, 11) is 0. The van der Waals surface area contributed by atoms with Crippen molar-refractivity contribution in [3.05, 3.63) is 99.0 Å². The Bertz CT molecular complexity index is 1460. The van der Waals surface area contributed by atoms with Crippen LogP contribution in [0.15, 0.2) is 60.7 Å². The number of benzene rings is 3. The van der Waals surface area contributed by atoms with Crippen LogP contribution in [0.2, 0.25) is 10.0 Å². The highest BCUT2D eigenvalue weighted by Crippen LogP contribution is 2.52. The fourth-order valence-corrected chi connectivity index (χ4v) is 5.71. The van der Waals surface area contributed by atoms with E-state index >= 15 is 8.78 Å². The van der Waals surface area contributed by atoms with Crippen molar-refractivity contribution in [1.29, 1.82) is 5.26 Å². The third kappa shape index (κ3) is 5.35. The van der Waals surface area contributed by atoms with E-state index in [0.29, 0.717) is 12.1 Å². The van der Waals surface area contributed by atoms with Crippen LogP contribution in [0.1, 0.15) is 47.7 Å². The summed E-state index contributed by atoms with van der Waals surface area (Å²) in [5, 5.41) is 25.8. The first-order valence-corrected chi connectivity index (χ1v) is 13.0. The van der Waals surface area contributed by atoms with E-state index in [2.05, 4.69) is 16.7 Å². The average molecular weight is 572 g/mol. The summed E-state index contributed by atoms with van der Waals surface area (Å²) in [5.74, 6) is -4.46. The van der Waals surface area contributed by atoms with Crippen LogP contribution in [-0.4, -0.2) is 29.1 Å². The Kier molecular flexibility index (Phi) is 8.26. The van der Waals surface area contributed by atoms with Crippen LogP contribution in [0.25, 0.3) is 0 Å². The number of hydrogen-bond acceptors (Lipinski definition) is 4. The van der Waals surface area contributed by atoms with Gasteiger partial charge in [-0.3, -0.25) is 4.79 Å². The van der Waals surface area contributed by atoms with E-state index in [1.165, 1.54) is 54.6 Å². The molecule has 0 aliphatic carbocycles. The Morgan fingerprint density at radius 3 is 2.41 bits per heavy atom. The van der Waals surface area contributed by atoms with Crippen LogP contribution in [0.4, 0.5) is 14.5 Å². The molecule has 3 aromatic rings. The molecule has 4 atom stereocenters. The number of nitriles is 1. The Labute approximate surface area is 234 Å². The van der Waals surface area contributed by atoms with Gasteiger partial charge in [-0.05, 0) is 60.4 Å². The van der Waals surface area contributed by atoms with Gasteiger partial charge in [-0.25, -0.2) is 13.6 Å². The van der Waals surface area contributed by atoms with Crippen LogP contribution in [0.5, 0.6) is 0 Å². The Morgan fingerprint density at radius 1 is 1.13 bits per heavy atom. The number of carbonyl (C=O) groups excluding carboxylic acids is 1. The van der Waals surface area contributed by atoms with Gasteiger partial charge in [0.1, 0.15) is 17.0 Å². The summed E-state index contributed by atoms with van der Waals surface area (Å²) in [6.07, 6.45) is 0.366. The van der Waals surface area contributed by atoms with Gasteiger partial charge in [-0.2, -0.15) is 5.26 Å². The average Bonchev–Trinajstić information content (AvgIpc) is 3.20. The van der Waals surface area contributed by atoms with Gasteiger partial charge in [0.05, 0.1) is 22.7 Å². The molecule has 1 saturated heterocycles. The first-order valence-electron chi connectivity index (χ1n) is 12.2. The fourth-order valence-electron chi connectivity index (χ4n) is 5.37. The van der Waals surface area contributed by atoms with Crippen molar-refractivity contribution in [3.63, 3.8) is 0 Å². The van der Waals surface area contributed by atoms with Gasteiger partial charge in [0, 0.05) is 28.2 Å². The van der Waals surface area contributed by atoms with E-state index < -0.39 is 46.9 Å². The van der Waals surface area contributed by atoms with Crippen LogP contribution in [0.3, 0.4) is 0 Å². The summed E-state index contributed by atoms with van der Waals surface area (Å²) < 4.78 is 31.2. The predicted molar refractivity (Wildman–Crippen MR) is 145 cm³/mol. The van der Waals surface area contributed by atoms with Crippen molar-refractivity contribution in [1.82, 2.24) is 5.32 Å². The highest BCUT2D eigenvalue weighted by Gasteiger charge is 2.60. The molecule has 0 saturated carbocycles. The summed E-state index contributed by atoms with van der Waals surface area (Å²) in [6.45, 7) is 3.85. The minimum absolute atomic E-state index is 0.0152. The zero-order valence-electron chi connectivity index (χ0n) is 21.0. The molecule has 0 unspecified atom stereocenters. The second-order valence-electron chi connectivity index (χ2n) is 9.92. The second kappa shape index (κ2) is 11.3. The molecule has 4 rings (SSSR count). The standard InChI is InChI=1S/C29H25Cl2F2N3O3/c1-15(2)12-23-29(14-34,20-11-8-17(30)13-22(20)32)24(19-4-3-5-21(31)25(19)33)26(36-23)27(37)35-18-9-6-16(7-10-18)28(38)39/h3-11,13,15,23-24,26,36H,12H2,1-2H3,(H,35,37)(H,38,39)/t23-,24-,26+,29-/m0/s1. The summed E-state index contributed by atoms with van der Waals surface area (Å²) in [4.78, 5) is 25.0. The number of carboxylic acids is 1. The third-order valence-electron chi connectivity index (χ3n) is 7.02. The smallest absolute Gasteiger partial charge is 0.335 e. The molecule has 39 heavy (non-hydrogen) atoms. The summed E-state index contributed by atoms with van der Waals surface area (Å²) in [5.41, 5.74) is -1.43. The lowest BCUT2D eigenvalue weighted by molar-refractivity contribution is -0.118. The number of hydrogen-bond donors (Lipinski definition) is 3. The third-order valence-corrected chi connectivity index (χ3v) is 7.55. The van der Waals surface area contributed by atoms with E-state index in [1.54, 1.807) is 0 Å². The van der Waals surface area contributed by atoms with Crippen molar-refractivity contribution in [2.45, 2.75) is 43.7 Å². The minimum atomic E-state index is -1.72. The lowest BCUT2D eigenvalue weighted by atomic mass is 9.63. The lowest BCUT2D eigenvalue weighted by Crippen LogP contribution is -2.43. The number of halogens is 4. The molecule has 1 heterocycles. The van der Waals surface area contributed by atoms with Crippen LogP contribution in [-0.2, 0) is 10.2 Å². The number of aromatic carboxylic acids is 1. The Hall–Kier alpha value is -3.51. The molecule has 0 spiro atoms. The van der Waals surface area contributed by atoms with Crippen LogP contribution < -0.4 is 10.6 Å². The zero-order valence-corrected chi connectivity index (χ0v) is 22.5. The molecule has 1 amide bonds. The highest BCUT2D eigenvalue weighted by molar-refractivity contribution is 6.31. The SMILES string of the molecule is CC(C)C[C@@H]1N[C@@H](C(=O)Nc2ccc(C(=O)O)cc2)[C@H](c2cccc(Cl)c2F)[C@@]1(C#N)c1ccc(Cl)cc1F. The van der Waals surface area contributed by atoms with Crippen LogP contribution >= 0.6 is 23.2 Å². The van der Waals surface area contributed by atoms with Crippen molar-refractivity contribution in [3.8, 4) is 6.07 Å². The zero-order chi connectivity index (χ0) is 28.5. The quantitative estimate of drug-likeness (QED) is 0.299. The molecular weight excluding hydrogens is 547 g/mol. The molecule has 0 radical (unpaired) electrons. The number of anilines is 1. The molecule has 6 nitrogen and oxygen atoms in total. The molecule has 1 fully saturated rings. The number of carboxylic acid groups (broad SMARTS) is 1. The van der Waals surface area contributed by atoms with Crippen molar-refractivity contribution in [2.24, 2.45) is 5.92 Å². The second-order valence-corrected chi connectivity index (χ2v) is 10.8. The van der Waals surface area contributed by atoms with E-state index in [9.17, 15) is 14.9 Å². The van der Waals surface area contributed by atoms with Crippen LogP contribution in [0, 0.1) is 28.9 Å². The largest absolute Gasteiger partial charge is 0.478 e. The van der Waals surface area contributed by atoms with E-state index in [0.717, 1.165) is 6.07 Å². The number of nitrogens with zero attached hydrogens (tertiary/aromatic N) is 1. The van der Waals surface area contributed by atoms with E-state index in [1.807, 2.05) is 13.8 Å². The molecule has 0 bridgehead atoms. The number of rotatable bonds is 7. The maximum atomic E-state index is 15.6. The first-order chi connectivity index (χ1) is 18.5. The van der Waals surface area contributed by atoms with Gasteiger partial charge in [0.25, 0.3) is 0 Å². The predicted octanol–water partition coefficient (Wildman–Crippen LogP) is 6.54. The molecule has 1 aliphatic rings. The molecule has 1 aliphatic heterocycles. The summed E-state index contributed by atoms with van der Waals surface area (Å²) in [6, 6.07) is 14.1. The maximum absolute atomic E-state index is 15.6. The van der Waals surface area contributed by atoms with Crippen molar-refractivity contribution in [2.75, 3.05) is 5.32 Å². The fraction of sp³-hybridized carbons (Fsp3) is 0.276. The van der Waals surface area contributed by atoms with E-state index in [-0.39, 0.29) is 32.7 Å². The van der Waals surface area contributed by atoms with Gasteiger partial charge >= 0.3 is 5.97 Å². The van der Waals surface area contributed by atoms with Gasteiger partial charge < -0.3 is 15.7 Å². The molecular formula is C29H25Cl2F2N3O3. The number of carbonyl (C=O) groups is 2. The highest BCUT2D eigenvalue weighted by atomic mass is 35.5. The molecule has 202 valence electrons. The first kappa shape index (κ1) is 28.5. The maximum Gasteiger partial charge on any atom is 0.335 e. The monoisotopic (exact) mass is 571 g/mol. The minimum Gasteiger partial charge on any atom is -0.478 e. The van der Waals surface area contributed by atoms with Crippen molar-refractivity contribution < 1.29 is 23.5 Å². The molecule has 0 aromatic heterocycles. The lowest BCUT2D eigenvalue weighted by Gasteiger charge is -2.36. The van der Waals surface area contributed by atoms with E-state index in [4.69, 9.17) is 28.3 Å². The van der Waals surface area contributed by atoms with Gasteiger partial charge in [0.15, 0.2) is 0 Å². The summed E-state index contributed by atoms with van der Waals surface area (Å²) >= 11 is 12.1. The van der Waals surface area contributed by atoms with Gasteiger partial charge in [0.2, 0.25) is 5.91 Å². The normalized spacial score (nSPS) is 22.5. The van der Waals surface area contributed by atoms with Gasteiger partial charge in [-0.1, -0.05) is 55.2 Å². The Balaban J connectivity index is 1.90. The number of amides is 1. The van der Waals surface area contributed by atoms with Gasteiger partial charge in [-0.15, -0.1) is 0 Å². The Morgan fingerprint density at radius 2 is 1.82 bits per heavy atom. The molecule has 10 heteroatoms. The molecule has 3 N–H and O–H groups in total. The molecule has 3 aromatic carbocycles. The van der Waals surface area contributed by atoms with Crippen molar-refractivity contribution >= 4 is 40.8 Å². The number of nitrogens with one attached hydrogen (secondary N) is 2.